The smallest absolute Gasteiger partial charge is 0.307 e. The standard InChI is InChI=1S/C11H10N2O2S/c1-7-4-2-3-5-8(7)12-6-9-10(14)13-11(15)16-9/h2-6,14H,1H3,(H,13,15). The lowest BCUT2D eigenvalue weighted by Gasteiger charge is -1.96. The van der Waals surface area contributed by atoms with E-state index in [1.54, 1.807) is 0 Å². The van der Waals surface area contributed by atoms with E-state index in [4.69, 9.17) is 0 Å². The van der Waals surface area contributed by atoms with Crippen molar-refractivity contribution in [2.45, 2.75) is 6.92 Å². The normalized spacial score (nSPS) is 11.1. The lowest BCUT2D eigenvalue weighted by atomic mass is 10.2. The zero-order chi connectivity index (χ0) is 11.5. The zero-order valence-electron chi connectivity index (χ0n) is 8.60. The maximum absolute atomic E-state index is 10.9. The first-order valence-electron chi connectivity index (χ1n) is 4.68. The van der Waals surface area contributed by atoms with Gasteiger partial charge in [0.05, 0.1) is 11.9 Å². The molecule has 5 heteroatoms. The molecule has 0 amide bonds. The number of aryl methyl sites for hydroxylation is 1. The molecule has 0 aliphatic heterocycles. The topological polar surface area (TPSA) is 65.5 Å². The van der Waals surface area contributed by atoms with Gasteiger partial charge >= 0.3 is 4.87 Å². The molecule has 2 rings (SSSR count). The molecular weight excluding hydrogens is 224 g/mol. The molecular formula is C11H10N2O2S. The highest BCUT2D eigenvalue weighted by atomic mass is 32.1. The maximum Gasteiger partial charge on any atom is 0.307 e. The summed E-state index contributed by atoms with van der Waals surface area (Å²) < 4.78 is 0. The minimum atomic E-state index is -0.288. The van der Waals surface area contributed by atoms with Crippen LogP contribution in [0.3, 0.4) is 0 Å². The minimum absolute atomic E-state index is 0.132. The van der Waals surface area contributed by atoms with Crippen LogP contribution in [0.2, 0.25) is 0 Å². The van der Waals surface area contributed by atoms with Gasteiger partial charge in [0, 0.05) is 0 Å². The van der Waals surface area contributed by atoms with Gasteiger partial charge < -0.3 is 5.11 Å². The molecule has 1 aromatic carbocycles. The number of H-pyrrole nitrogens is 1. The molecule has 1 heterocycles. The Kier molecular flexibility index (Phi) is 2.87. The second kappa shape index (κ2) is 4.32. The molecule has 1 aromatic heterocycles. The number of rotatable bonds is 2. The van der Waals surface area contributed by atoms with Crippen LogP contribution in [0.15, 0.2) is 34.1 Å². The van der Waals surface area contributed by atoms with Crippen LogP contribution >= 0.6 is 11.3 Å². The summed E-state index contributed by atoms with van der Waals surface area (Å²) in [5.74, 6) is -0.132. The van der Waals surface area contributed by atoms with Gasteiger partial charge in [0.25, 0.3) is 0 Å². The molecule has 16 heavy (non-hydrogen) atoms. The number of aromatic amines is 1. The number of nitrogens with zero attached hydrogens (tertiary/aromatic N) is 1. The number of hydrogen-bond donors (Lipinski definition) is 2. The molecule has 0 saturated carbocycles. The summed E-state index contributed by atoms with van der Waals surface area (Å²) in [5.41, 5.74) is 1.86. The van der Waals surface area contributed by atoms with Gasteiger partial charge in [0.2, 0.25) is 5.88 Å². The van der Waals surface area contributed by atoms with Gasteiger partial charge in [0.15, 0.2) is 0 Å². The van der Waals surface area contributed by atoms with Crippen molar-refractivity contribution < 1.29 is 5.11 Å². The molecule has 0 saturated heterocycles. The number of aromatic nitrogens is 1. The van der Waals surface area contributed by atoms with Gasteiger partial charge in [-0.25, -0.2) is 0 Å². The predicted molar refractivity (Wildman–Crippen MR) is 65.0 cm³/mol. The lowest BCUT2D eigenvalue weighted by Crippen LogP contribution is -1.89. The van der Waals surface area contributed by atoms with Crippen LogP contribution in [-0.4, -0.2) is 16.3 Å². The summed E-state index contributed by atoms with van der Waals surface area (Å²) in [7, 11) is 0. The van der Waals surface area contributed by atoms with E-state index in [9.17, 15) is 9.90 Å². The summed E-state index contributed by atoms with van der Waals surface area (Å²) in [6, 6.07) is 7.64. The molecule has 0 aliphatic carbocycles. The van der Waals surface area contributed by atoms with Crippen LogP contribution in [0, 0.1) is 6.92 Å². The fourth-order valence-corrected chi connectivity index (χ4v) is 1.86. The fourth-order valence-electron chi connectivity index (χ4n) is 1.26. The Morgan fingerprint density at radius 1 is 1.44 bits per heavy atom. The molecule has 2 N–H and O–H groups in total. The third-order valence-corrected chi connectivity index (χ3v) is 2.90. The summed E-state index contributed by atoms with van der Waals surface area (Å²) in [5, 5.41) is 9.34. The molecule has 0 aliphatic rings. The number of para-hydroxylation sites is 1. The van der Waals surface area contributed by atoms with Crippen LogP contribution in [-0.2, 0) is 0 Å². The SMILES string of the molecule is Cc1ccccc1N=Cc1sc(=O)[nH]c1O. The van der Waals surface area contributed by atoms with Crippen LogP contribution in [0.25, 0.3) is 0 Å². The zero-order valence-corrected chi connectivity index (χ0v) is 9.41. The van der Waals surface area contributed by atoms with Gasteiger partial charge in [0.1, 0.15) is 4.88 Å². The van der Waals surface area contributed by atoms with E-state index in [0.717, 1.165) is 22.6 Å². The average molecular weight is 234 g/mol. The second-order valence-corrected chi connectivity index (χ2v) is 4.29. The van der Waals surface area contributed by atoms with Crippen molar-refractivity contribution in [3.8, 4) is 5.88 Å². The largest absolute Gasteiger partial charge is 0.493 e. The van der Waals surface area contributed by atoms with Crippen LogP contribution in [0.4, 0.5) is 5.69 Å². The van der Waals surface area contributed by atoms with Gasteiger partial charge in [-0.3, -0.25) is 14.8 Å². The molecule has 2 aromatic rings. The van der Waals surface area contributed by atoms with Gasteiger partial charge in [-0.2, -0.15) is 0 Å². The van der Waals surface area contributed by atoms with Crippen LogP contribution < -0.4 is 4.87 Å². The summed E-state index contributed by atoms with van der Waals surface area (Å²) in [6.45, 7) is 1.95. The van der Waals surface area contributed by atoms with E-state index < -0.39 is 0 Å². The Balaban J connectivity index is 2.32. The van der Waals surface area contributed by atoms with Crippen LogP contribution in [0.1, 0.15) is 10.4 Å². The van der Waals surface area contributed by atoms with Crippen molar-refractivity contribution in [3.63, 3.8) is 0 Å². The van der Waals surface area contributed by atoms with Gasteiger partial charge in [-0.1, -0.05) is 29.5 Å². The van der Waals surface area contributed by atoms with E-state index in [-0.39, 0.29) is 10.8 Å². The van der Waals surface area contributed by atoms with Crippen LogP contribution in [0.5, 0.6) is 5.88 Å². The number of benzene rings is 1. The number of nitrogens with one attached hydrogen (secondary N) is 1. The molecule has 0 fully saturated rings. The Morgan fingerprint density at radius 3 is 2.81 bits per heavy atom. The number of hydrogen-bond acceptors (Lipinski definition) is 4. The maximum atomic E-state index is 10.9. The summed E-state index contributed by atoms with van der Waals surface area (Å²) >= 11 is 0.929. The number of thiazole rings is 1. The monoisotopic (exact) mass is 234 g/mol. The second-order valence-electron chi connectivity index (χ2n) is 3.27. The van der Waals surface area contributed by atoms with Crippen molar-refractivity contribution in [3.05, 3.63) is 44.4 Å². The average Bonchev–Trinajstić information content (AvgIpc) is 2.56. The third kappa shape index (κ3) is 2.20. The van der Waals surface area contributed by atoms with E-state index in [2.05, 4.69) is 9.98 Å². The molecule has 0 spiro atoms. The van der Waals surface area contributed by atoms with E-state index >= 15 is 0 Å². The fraction of sp³-hybridized carbons (Fsp3) is 0.0909. The highest BCUT2D eigenvalue weighted by molar-refractivity contribution is 7.11. The van der Waals surface area contributed by atoms with E-state index in [0.29, 0.717) is 4.88 Å². The molecule has 0 radical (unpaired) electrons. The van der Waals surface area contributed by atoms with Crippen molar-refractivity contribution >= 4 is 23.2 Å². The predicted octanol–water partition coefficient (Wildman–Crippen LogP) is 2.20. The highest BCUT2D eigenvalue weighted by Gasteiger charge is 2.03. The number of aromatic hydroxyl groups is 1. The summed E-state index contributed by atoms with van der Waals surface area (Å²) in [4.78, 5) is 17.6. The molecule has 0 unspecified atom stereocenters. The Labute approximate surface area is 95.9 Å². The van der Waals surface area contributed by atoms with Gasteiger partial charge in [-0.15, -0.1) is 0 Å². The quantitative estimate of drug-likeness (QED) is 0.782. The van der Waals surface area contributed by atoms with E-state index in [1.165, 1.54) is 6.21 Å². The first-order chi connectivity index (χ1) is 7.66. The van der Waals surface area contributed by atoms with Gasteiger partial charge in [-0.05, 0) is 18.6 Å². The molecule has 82 valence electrons. The minimum Gasteiger partial charge on any atom is -0.493 e. The third-order valence-electron chi connectivity index (χ3n) is 2.09. The summed E-state index contributed by atoms with van der Waals surface area (Å²) in [6.07, 6.45) is 1.49. The lowest BCUT2D eigenvalue weighted by molar-refractivity contribution is 0.455. The number of aliphatic imine (C=N–C) groups is 1. The molecule has 4 nitrogen and oxygen atoms in total. The Hall–Kier alpha value is -1.88. The van der Waals surface area contributed by atoms with Crippen molar-refractivity contribution in [1.82, 2.24) is 4.98 Å². The van der Waals surface area contributed by atoms with Crippen molar-refractivity contribution in [2.24, 2.45) is 4.99 Å². The molecule has 0 atom stereocenters. The van der Waals surface area contributed by atoms with Crippen molar-refractivity contribution in [2.75, 3.05) is 0 Å². The van der Waals surface area contributed by atoms with Crippen molar-refractivity contribution in [1.29, 1.82) is 0 Å². The van der Waals surface area contributed by atoms with E-state index in [1.807, 2.05) is 31.2 Å². The first kappa shape index (κ1) is 10.6. The Bertz CT molecular complexity index is 584. The highest BCUT2D eigenvalue weighted by Crippen LogP contribution is 2.19. The Morgan fingerprint density at radius 2 is 2.19 bits per heavy atom. The first-order valence-corrected chi connectivity index (χ1v) is 5.50. The molecule has 0 bridgehead atoms.